The average Bonchev–Trinajstić information content (AvgIpc) is 3.00. The lowest BCUT2D eigenvalue weighted by atomic mass is 10.1. The van der Waals surface area contributed by atoms with E-state index < -0.39 is 0 Å². The minimum absolute atomic E-state index is 0.0545. The summed E-state index contributed by atoms with van der Waals surface area (Å²) in [5.41, 5.74) is 1.89. The van der Waals surface area contributed by atoms with E-state index in [1.165, 1.54) is 0 Å². The number of fused-ring (bicyclic) bond motifs is 1. The summed E-state index contributed by atoms with van der Waals surface area (Å²) in [5.74, 6) is 1.54. The number of ether oxygens (including phenoxy) is 2. The summed E-state index contributed by atoms with van der Waals surface area (Å²) >= 11 is 0. The van der Waals surface area contributed by atoms with Crippen LogP contribution >= 0.6 is 0 Å². The molecule has 1 amide bonds. The predicted molar refractivity (Wildman–Crippen MR) is 88.8 cm³/mol. The van der Waals surface area contributed by atoms with Crippen LogP contribution in [0.3, 0.4) is 0 Å². The van der Waals surface area contributed by atoms with Gasteiger partial charge in [-0.1, -0.05) is 24.3 Å². The molecule has 1 heterocycles. The fourth-order valence-electron chi connectivity index (χ4n) is 2.51. The maximum atomic E-state index is 12.6. The molecule has 1 aliphatic heterocycles. The van der Waals surface area contributed by atoms with Crippen molar-refractivity contribution >= 4 is 11.6 Å². The first-order valence-electron chi connectivity index (χ1n) is 7.52. The number of likely N-dealkylation sites (N-methyl/N-ethyl adjacent to an activating group) is 1. The van der Waals surface area contributed by atoms with Gasteiger partial charge in [-0.25, -0.2) is 0 Å². The first-order chi connectivity index (χ1) is 11.1. The van der Waals surface area contributed by atoms with Gasteiger partial charge in [0, 0.05) is 5.69 Å². The van der Waals surface area contributed by atoms with Crippen molar-refractivity contribution in [3.63, 3.8) is 0 Å². The number of anilines is 1. The van der Waals surface area contributed by atoms with Gasteiger partial charge in [0.2, 0.25) is 12.7 Å². The molecule has 5 nitrogen and oxygen atoms in total. The maximum Gasteiger partial charge on any atom is 0.241 e. The minimum atomic E-state index is 0.0545. The zero-order chi connectivity index (χ0) is 16.2. The number of amides is 1. The van der Waals surface area contributed by atoms with Crippen LogP contribution in [0.1, 0.15) is 5.56 Å². The van der Waals surface area contributed by atoms with Crippen LogP contribution in [0, 0.1) is 0 Å². The van der Waals surface area contributed by atoms with Gasteiger partial charge in [-0.2, -0.15) is 0 Å². The van der Waals surface area contributed by atoms with Crippen molar-refractivity contribution < 1.29 is 14.3 Å². The zero-order valence-electron chi connectivity index (χ0n) is 13.4. The van der Waals surface area contributed by atoms with Gasteiger partial charge in [-0.05, 0) is 43.9 Å². The van der Waals surface area contributed by atoms with Crippen molar-refractivity contribution in [3.05, 3.63) is 54.1 Å². The summed E-state index contributed by atoms with van der Waals surface area (Å²) in [6.07, 6.45) is 0. The Morgan fingerprint density at radius 1 is 1.04 bits per heavy atom. The first-order valence-corrected chi connectivity index (χ1v) is 7.52. The molecular formula is C18H20N2O3. The van der Waals surface area contributed by atoms with Gasteiger partial charge >= 0.3 is 0 Å². The van der Waals surface area contributed by atoms with E-state index in [4.69, 9.17) is 9.47 Å². The predicted octanol–water partition coefficient (Wildman–Crippen LogP) is 2.51. The van der Waals surface area contributed by atoms with Crippen molar-refractivity contribution in [2.24, 2.45) is 0 Å². The largest absolute Gasteiger partial charge is 0.454 e. The van der Waals surface area contributed by atoms with Crippen LogP contribution in [0.15, 0.2) is 48.5 Å². The monoisotopic (exact) mass is 312 g/mol. The lowest BCUT2D eigenvalue weighted by molar-refractivity contribution is -0.119. The van der Waals surface area contributed by atoms with E-state index in [1.54, 1.807) is 4.90 Å². The Morgan fingerprint density at radius 2 is 1.78 bits per heavy atom. The Labute approximate surface area is 136 Å². The molecule has 0 radical (unpaired) electrons. The lowest BCUT2D eigenvalue weighted by Gasteiger charge is -2.24. The van der Waals surface area contributed by atoms with Gasteiger partial charge < -0.3 is 19.3 Å². The van der Waals surface area contributed by atoms with Crippen LogP contribution in [0.4, 0.5) is 5.69 Å². The number of nitrogens with zero attached hydrogens (tertiary/aromatic N) is 2. The number of hydrogen-bond acceptors (Lipinski definition) is 4. The zero-order valence-corrected chi connectivity index (χ0v) is 13.4. The Morgan fingerprint density at radius 3 is 2.52 bits per heavy atom. The van der Waals surface area contributed by atoms with Crippen molar-refractivity contribution in [2.75, 3.05) is 32.3 Å². The van der Waals surface area contributed by atoms with Gasteiger partial charge in [-0.3, -0.25) is 4.79 Å². The molecule has 3 rings (SSSR count). The topological polar surface area (TPSA) is 42.0 Å². The third-order valence-corrected chi connectivity index (χ3v) is 3.60. The van der Waals surface area contributed by atoms with Crippen LogP contribution in [-0.2, 0) is 11.3 Å². The van der Waals surface area contributed by atoms with Crippen molar-refractivity contribution in [1.82, 2.24) is 4.90 Å². The molecule has 0 fully saturated rings. The molecule has 2 aromatic rings. The lowest BCUT2D eigenvalue weighted by Crippen LogP contribution is -2.37. The van der Waals surface area contributed by atoms with E-state index in [1.807, 2.05) is 67.5 Å². The van der Waals surface area contributed by atoms with E-state index in [0.717, 1.165) is 22.7 Å². The third-order valence-electron chi connectivity index (χ3n) is 3.60. The smallest absolute Gasteiger partial charge is 0.241 e. The third kappa shape index (κ3) is 3.63. The van der Waals surface area contributed by atoms with Gasteiger partial charge in [0.1, 0.15) is 0 Å². The van der Waals surface area contributed by atoms with Crippen LogP contribution in [-0.4, -0.2) is 38.2 Å². The number of benzene rings is 2. The van der Waals surface area contributed by atoms with E-state index in [2.05, 4.69) is 0 Å². The molecule has 0 saturated heterocycles. The van der Waals surface area contributed by atoms with Gasteiger partial charge in [0.25, 0.3) is 0 Å². The fraction of sp³-hybridized carbons (Fsp3) is 0.278. The molecule has 0 atom stereocenters. The van der Waals surface area contributed by atoms with E-state index >= 15 is 0 Å². The van der Waals surface area contributed by atoms with Crippen molar-refractivity contribution in [1.29, 1.82) is 0 Å². The summed E-state index contributed by atoms with van der Waals surface area (Å²) in [7, 11) is 3.78. The highest BCUT2D eigenvalue weighted by Gasteiger charge is 2.19. The second-order valence-corrected chi connectivity index (χ2v) is 5.74. The SMILES string of the molecule is CN(C)CC(=O)N(Cc1ccc2c(c1)OCO2)c1ccccc1. The first kappa shape index (κ1) is 15.4. The molecule has 0 aliphatic carbocycles. The fourth-order valence-corrected chi connectivity index (χ4v) is 2.51. The number of hydrogen-bond donors (Lipinski definition) is 0. The molecule has 0 bridgehead atoms. The Kier molecular flexibility index (Phi) is 4.48. The van der Waals surface area contributed by atoms with E-state index in [-0.39, 0.29) is 12.7 Å². The molecule has 0 unspecified atom stereocenters. The van der Waals surface area contributed by atoms with Gasteiger partial charge in [0.15, 0.2) is 11.5 Å². The van der Waals surface area contributed by atoms with E-state index in [9.17, 15) is 4.79 Å². The molecule has 23 heavy (non-hydrogen) atoms. The second-order valence-electron chi connectivity index (χ2n) is 5.74. The highest BCUT2D eigenvalue weighted by molar-refractivity contribution is 5.94. The number of rotatable bonds is 5. The highest BCUT2D eigenvalue weighted by atomic mass is 16.7. The summed E-state index contributed by atoms with van der Waals surface area (Å²) < 4.78 is 10.8. The second kappa shape index (κ2) is 6.71. The number of para-hydroxylation sites is 1. The maximum absolute atomic E-state index is 12.6. The Bertz CT molecular complexity index is 686. The highest BCUT2D eigenvalue weighted by Crippen LogP contribution is 2.33. The summed E-state index contributed by atoms with van der Waals surface area (Å²) in [4.78, 5) is 16.3. The van der Waals surface area contributed by atoms with Crippen molar-refractivity contribution in [2.45, 2.75) is 6.54 Å². The normalized spacial score (nSPS) is 12.5. The minimum Gasteiger partial charge on any atom is -0.454 e. The van der Waals surface area contributed by atoms with Crippen LogP contribution in [0.25, 0.3) is 0 Å². The standard InChI is InChI=1S/C18H20N2O3/c1-19(2)12-18(21)20(15-6-4-3-5-7-15)11-14-8-9-16-17(10-14)23-13-22-16/h3-10H,11-13H2,1-2H3. The van der Waals surface area contributed by atoms with Gasteiger partial charge in [-0.15, -0.1) is 0 Å². The van der Waals surface area contributed by atoms with Crippen LogP contribution in [0.5, 0.6) is 11.5 Å². The molecule has 1 aliphatic rings. The van der Waals surface area contributed by atoms with Crippen LogP contribution < -0.4 is 14.4 Å². The molecule has 0 saturated carbocycles. The molecule has 0 aromatic heterocycles. The molecule has 5 heteroatoms. The van der Waals surface area contributed by atoms with Crippen molar-refractivity contribution in [3.8, 4) is 11.5 Å². The number of carbonyl (C=O) groups excluding carboxylic acids is 1. The van der Waals surface area contributed by atoms with Crippen LogP contribution in [0.2, 0.25) is 0 Å². The molecule has 0 spiro atoms. The molecule has 2 aromatic carbocycles. The van der Waals surface area contributed by atoms with E-state index in [0.29, 0.717) is 13.1 Å². The summed E-state index contributed by atoms with van der Waals surface area (Å²) in [6, 6.07) is 15.5. The Balaban J connectivity index is 1.85. The van der Waals surface area contributed by atoms with Gasteiger partial charge in [0.05, 0.1) is 13.1 Å². The molecular weight excluding hydrogens is 292 g/mol. The Hall–Kier alpha value is -2.53. The molecule has 0 N–H and O–H groups in total. The molecule has 120 valence electrons. The quantitative estimate of drug-likeness (QED) is 0.851. The average molecular weight is 312 g/mol. The summed E-state index contributed by atoms with van der Waals surface area (Å²) in [6.45, 7) is 1.10. The number of carbonyl (C=O) groups is 1. The summed E-state index contributed by atoms with van der Waals surface area (Å²) in [5, 5.41) is 0.